The molecule has 3 N–H and O–H groups in total. The van der Waals surface area contributed by atoms with Gasteiger partial charge in [0.15, 0.2) is 10.1 Å². The van der Waals surface area contributed by atoms with Crippen LogP contribution in [0.2, 0.25) is 5.02 Å². The minimum absolute atomic E-state index is 0.0446. The standard InChI is InChI=1S/C28H23ClN6O4S2/c1-39-26(38)15-8-10-18(11-9-15)32-22(37)14-40-28-34-33-27(41-28)35-20-6-3-7-21(36)24(20)23(19(13-30)25(35)31)16-4-2-5-17(29)12-16/h2,4-5,8-12,23H,3,6-7,14,31H2,1H3,(H,32,37). The second-order valence-electron chi connectivity index (χ2n) is 9.13. The lowest BCUT2D eigenvalue weighted by atomic mass is 9.76. The zero-order chi connectivity index (χ0) is 29.1. The van der Waals surface area contributed by atoms with Crippen LogP contribution >= 0.6 is 34.7 Å². The highest BCUT2D eigenvalue weighted by Crippen LogP contribution is 2.47. The van der Waals surface area contributed by atoms with E-state index in [-0.39, 0.29) is 28.8 Å². The number of nitrogens with two attached hydrogens (primary N) is 1. The van der Waals surface area contributed by atoms with Crippen LogP contribution < -0.4 is 16.0 Å². The number of carbonyl (C=O) groups is 3. The molecule has 2 aliphatic rings. The van der Waals surface area contributed by atoms with Crippen LogP contribution in [0.3, 0.4) is 0 Å². The van der Waals surface area contributed by atoms with E-state index in [0.29, 0.717) is 56.3 Å². The number of methoxy groups -OCH3 is 1. The third-order valence-electron chi connectivity index (χ3n) is 6.60. The summed E-state index contributed by atoms with van der Waals surface area (Å²) < 4.78 is 5.20. The first kappa shape index (κ1) is 28.4. The molecule has 0 spiro atoms. The number of aromatic nitrogens is 2. The smallest absolute Gasteiger partial charge is 0.337 e. The number of benzene rings is 2. The van der Waals surface area contributed by atoms with E-state index in [4.69, 9.17) is 17.3 Å². The molecule has 0 radical (unpaired) electrons. The van der Waals surface area contributed by atoms with Crippen LogP contribution in [0, 0.1) is 11.3 Å². The zero-order valence-electron chi connectivity index (χ0n) is 21.7. The monoisotopic (exact) mass is 606 g/mol. The first-order valence-electron chi connectivity index (χ1n) is 12.5. The third-order valence-corrected chi connectivity index (χ3v) is 8.88. The molecular formula is C28H23ClN6O4S2. The summed E-state index contributed by atoms with van der Waals surface area (Å²) in [4.78, 5) is 39.0. The summed E-state index contributed by atoms with van der Waals surface area (Å²) in [5.41, 5.74) is 9.67. The van der Waals surface area contributed by atoms with Crippen LogP contribution in [0.1, 0.15) is 41.1 Å². The molecular weight excluding hydrogens is 584 g/mol. The number of hydrogen-bond donors (Lipinski definition) is 2. The Balaban J connectivity index is 1.36. The number of ketones is 1. The Bertz CT molecular complexity index is 1640. The molecule has 0 bridgehead atoms. The number of nitrogens with zero attached hydrogens (tertiary/aromatic N) is 4. The van der Waals surface area contributed by atoms with E-state index in [0.717, 1.165) is 5.56 Å². The molecule has 3 aromatic rings. The number of esters is 1. The molecule has 1 amide bonds. The molecule has 0 saturated heterocycles. The van der Waals surface area contributed by atoms with Crippen LogP contribution in [0.25, 0.3) is 0 Å². The molecule has 2 aromatic carbocycles. The van der Waals surface area contributed by atoms with Crippen molar-refractivity contribution in [3.05, 3.63) is 87.3 Å². The van der Waals surface area contributed by atoms with Crippen molar-refractivity contribution in [3.8, 4) is 6.07 Å². The van der Waals surface area contributed by atoms with E-state index in [2.05, 4.69) is 26.3 Å². The fraction of sp³-hybridized carbons (Fsp3) is 0.214. The van der Waals surface area contributed by atoms with E-state index in [1.807, 2.05) is 6.07 Å². The number of amides is 1. The molecule has 1 aromatic heterocycles. The van der Waals surface area contributed by atoms with Crippen molar-refractivity contribution < 1.29 is 19.1 Å². The van der Waals surface area contributed by atoms with Gasteiger partial charge in [-0.2, -0.15) is 5.26 Å². The summed E-state index contributed by atoms with van der Waals surface area (Å²) in [7, 11) is 1.30. The molecule has 13 heteroatoms. The minimum atomic E-state index is -0.620. The first-order chi connectivity index (χ1) is 19.8. The average Bonchev–Trinajstić information content (AvgIpc) is 3.44. The van der Waals surface area contributed by atoms with Crippen molar-refractivity contribution in [3.63, 3.8) is 0 Å². The largest absolute Gasteiger partial charge is 0.465 e. The number of halogens is 1. The number of Topliss-reactive ketones (excluding diaryl/α,β-unsaturated/α-hetero) is 1. The van der Waals surface area contributed by atoms with Crippen molar-refractivity contribution in [1.82, 2.24) is 10.2 Å². The molecule has 0 saturated carbocycles. The molecule has 1 atom stereocenters. The number of thioether (sulfide) groups is 1. The lowest BCUT2D eigenvalue weighted by Crippen LogP contribution is -2.38. The Morgan fingerprint density at radius 1 is 1.24 bits per heavy atom. The summed E-state index contributed by atoms with van der Waals surface area (Å²) >= 11 is 8.65. The molecule has 1 unspecified atom stereocenters. The molecule has 5 rings (SSSR count). The first-order valence-corrected chi connectivity index (χ1v) is 14.6. The summed E-state index contributed by atoms with van der Waals surface area (Å²) in [6.07, 6.45) is 1.60. The van der Waals surface area contributed by atoms with Gasteiger partial charge in [0.2, 0.25) is 11.0 Å². The topological polar surface area (TPSA) is 151 Å². The molecule has 208 valence electrons. The van der Waals surface area contributed by atoms with Gasteiger partial charge in [-0.3, -0.25) is 14.5 Å². The highest BCUT2D eigenvalue weighted by atomic mass is 35.5. The number of carbonyl (C=O) groups excluding carboxylic acids is 3. The summed E-state index contributed by atoms with van der Waals surface area (Å²) in [6, 6.07) is 15.7. The second kappa shape index (κ2) is 12.1. The predicted octanol–water partition coefficient (Wildman–Crippen LogP) is 5.01. The third kappa shape index (κ3) is 5.83. The number of ether oxygens (including phenoxy) is 1. The van der Waals surface area contributed by atoms with Crippen LogP contribution in [0.5, 0.6) is 0 Å². The maximum absolute atomic E-state index is 13.2. The van der Waals surface area contributed by atoms with E-state index >= 15 is 0 Å². The Hall–Kier alpha value is -4.18. The van der Waals surface area contributed by atoms with E-state index in [1.54, 1.807) is 47.4 Å². The van der Waals surface area contributed by atoms with Crippen molar-refractivity contribution in [2.24, 2.45) is 5.73 Å². The fourth-order valence-electron chi connectivity index (χ4n) is 4.81. The van der Waals surface area contributed by atoms with Gasteiger partial charge in [0.05, 0.1) is 36.0 Å². The maximum atomic E-state index is 13.2. The molecule has 2 heterocycles. The predicted molar refractivity (Wildman–Crippen MR) is 156 cm³/mol. The highest BCUT2D eigenvalue weighted by molar-refractivity contribution is 8.01. The van der Waals surface area contributed by atoms with Crippen molar-refractivity contribution >= 4 is 63.2 Å². The van der Waals surface area contributed by atoms with Crippen LogP contribution in [-0.4, -0.2) is 40.7 Å². The van der Waals surface area contributed by atoms with Crippen LogP contribution in [0.4, 0.5) is 10.8 Å². The lowest BCUT2D eigenvalue weighted by Gasteiger charge is -2.38. The van der Waals surface area contributed by atoms with Gasteiger partial charge in [-0.1, -0.05) is 46.8 Å². The van der Waals surface area contributed by atoms with E-state index in [1.165, 1.54) is 30.2 Å². The molecule has 0 fully saturated rings. The Morgan fingerprint density at radius 2 is 2.02 bits per heavy atom. The summed E-state index contributed by atoms with van der Waals surface area (Å²) in [6.45, 7) is 0. The SMILES string of the molecule is COC(=O)c1ccc(NC(=O)CSc2nnc(N3C(N)=C(C#N)C(c4cccc(Cl)c4)C4=C3CCCC4=O)s2)cc1. The van der Waals surface area contributed by atoms with Crippen molar-refractivity contribution in [2.45, 2.75) is 29.5 Å². The maximum Gasteiger partial charge on any atom is 0.337 e. The molecule has 1 aliphatic heterocycles. The van der Waals surface area contributed by atoms with Gasteiger partial charge in [0, 0.05) is 28.4 Å². The van der Waals surface area contributed by atoms with Gasteiger partial charge in [-0.15, -0.1) is 10.2 Å². The molecule has 1 aliphatic carbocycles. The van der Waals surface area contributed by atoms with Crippen molar-refractivity contribution in [2.75, 3.05) is 23.1 Å². The van der Waals surface area contributed by atoms with Gasteiger partial charge in [-0.05, 0) is 54.8 Å². The number of nitriles is 1. The number of anilines is 2. The fourth-order valence-corrected chi connectivity index (χ4v) is 6.69. The van der Waals surface area contributed by atoms with Crippen LogP contribution in [-0.2, 0) is 14.3 Å². The van der Waals surface area contributed by atoms with Gasteiger partial charge in [0.25, 0.3) is 0 Å². The Kier molecular flexibility index (Phi) is 8.39. The normalized spacial score (nSPS) is 16.8. The van der Waals surface area contributed by atoms with Crippen molar-refractivity contribution in [1.29, 1.82) is 5.26 Å². The number of rotatable bonds is 7. The minimum Gasteiger partial charge on any atom is -0.465 e. The van der Waals surface area contributed by atoms with Gasteiger partial charge in [-0.25, -0.2) is 4.79 Å². The Morgan fingerprint density at radius 3 is 2.73 bits per heavy atom. The lowest BCUT2D eigenvalue weighted by molar-refractivity contribution is -0.116. The molecule has 41 heavy (non-hydrogen) atoms. The zero-order valence-corrected chi connectivity index (χ0v) is 24.1. The molecule has 10 nitrogen and oxygen atoms in total. The van der Waals surface area contributed by atoms with E-state index in [9.17, 15) is 19.6 Å². The Labute approximate surface area is 248 Å². The number of nitrogens with one attached hydrogen (secondary N) is 1. The van der Waals surface area contributed by atoms with Crippen LogP contribution in [0.15, 0.2) is 75.5 Å². The van der Waals surface area contributed by atoms with Gasteiger partial charge >= 0.3 is 5.97 Å². The number of allylic oxidation sites excluding steroid dienone is 3. The summed E-state index contributed by atoms with van der Waals surface area (Å²) in [5, 5.41) is 22.3. The second-order valence-corrected chi connectivity index (χ2v) is 11.7. The van der Waals surface area contributed by atoms with E-state index < -0.39 is 11.9 Å². The van der Waals surface area contributed by atoms with Gasteiger partial charge in [0.1, 0.15) is 5.82 Å². The highest BCUT2D eigenvalue weighted by Gasteiger charge is 2.41. The van der Waals surface area contributed by atoms with Gasteiger partial charge < -0.3 is 15.8 Å². The number of hydrogen-bond acceptors (Lipinski definition) is 11. The summed E-state index contributed by atoms with van der Waals surface area (Å²) in [5.74, 6) is -1.15. The quantitative estimate of drug-likeness (QED) is 0.277. The average molecular weight is 607 g/mol.